The van der Waals surface area contributed by atoms with E-state index in [0.29, 0.717) is 15.8 Å². The predicted octanol–water partition coefficient (Wildman–Crippen LogP) is 3.73. The van der Waals surface area contributed by atoms with Crippen LogP contribution < -0.4 is 24.3 Å². The molecule has 11 nitrogen and oxygen atoms in total. The Hall–Kier alpha value is -4.42. The number of esters is 4. The first-order valence-corrected chi connectivity index (χ1v) is 13.5. The van der Waals surface area contributed by atoms with Gasteiger partial charge < -0.3 is 28.4 Å². The Labute approximate surface area is 249 Å². The van der Waals surface area contributed by atoms with Gasteiger partial charge in [0, 0.05) is 21.5 Å². The van der Waals surface area contributed by atoms with Gasteiger partial charge in [-0.25, -0.2) is 14.4 Å². The van der Waals surface area contributed by atoms with Gasteiger partial charge in [0.15, 0.2) is 11.5 Å². The molecule has 3 atom stereocenters. The summed E-state index contributed by atoms with van der Waals surface area (Å²) in [4.78, 5) is 54.0. The molecule has 1 fully saturated rings. The summed E-state index contributed by atoms with van der Waals surface area (Å²) in [5, 5.41) is 3.05. The summed E-state index contributed by atoms with van der Waals surface area (Å²) >= 11 is 3.42. The monoisotopic (exact) mass is 639 g/mol. The summed E-state index contributed by atoms with van der Waals surface area (Å²) < 4.78 is 33.0. The molecule has 2 aliphatic heterocycles. The molecule has 0 saturated carbocycles. The molecular formula is C30H26BrNO10. The fraction of sp³-hybridized carbons (Fsp3) is 0.267. The Balaban J connectivity index is 1.68. The maximum atomic E-state index is 13.7. The number of hydrogen-bond donors (Lipinski definition) is 1. The van der Waals surface area contributed by atoms with E-state index in [1.54, 1.807) is 48.5 Å². The number of methoxy groups -OCH3 is 4. The molecule has 42 heavy (non-hydrogen) atoms. The minimum absolute atomic E-state index is 0.0181. The van der Waals surface area contributed by atoms with Crippen LogP contribution in [0.25, 0.3) is 0 Å². The van der Waals surface area contributed by atoms with Crippen molar-refractivity contribution in [3.63, 3.8) is 0 Å². The fourth-order valence-corrected chi connectivity index (χ4v) is 5.97. The van der Waals surface area contributed by atoms with Gasteiger partial charge in [-0.1, -0.05) is 28.1 Å². The van der Waals surface area contributed by atoms with Gasteiger partial charge >= 0.3 is 23.9 Å². The lowest BCUT2D eigenvalue weighted by atomic mass is 9.72. The van der Waals surface area contributed by atoms with Gasteiger partial charge in [0.05, 0.1) is 46.0 Å². The average Bonchev–Trinajstić information content (AvgIpc) is 3.38. The van der Waals surface area contributed by atoms with Crippen LogP contribution in [0.4, 0.5) is 0 Å². The van der Waals surface area contributed by atoms with E-state index in [1.165, 1.54) is 26.4 Å². The van der Waals surface area contributed by atoms with Gasteiger partial charge in [0.25, 0.3) is 0 Å². The summed E-state index contributed by atoms with van der Waals surface area (Å²) in [5.41, 5.74) is -1.27. The average molecular weight is 640 g/mol. The van der Waals surface area contributed by atoms with E-state index in [2.05, 4.69) is 21.2 Å². The van der Waals surface area contributed by atoms with E-state index >= 15 is 0 Å². The number of benzene rings is 3. The Morgan fingerprint density at radius 1 is 0.881 bits per heavy atom. The number of nitrogens with one attached hydrogen (secondary N) is 1. The highest BCUT2D eigenvalue weighted by atomic mass is 79.9. The number of para-hydroxylation sites is 1. The van der Waals surface area contributed by atoms with Gasteiger partial charge in [-0.3, -0.25) is 10.1 Å². The van der Waals surface area contributed by atoms with Crippen LogP contribution in [0.1, 0.15) is 33.4 Å². The smallest absolute Gasteiger partial charge is 0.343 e. The molecular weight excluding hydrogens is 614 g/mol. The van der Waals surface area contributed by atoms with Crippen molar-refractivity contribution >= 4 is 39.8 Å². The third-order valence-corrected chi connectivity index (χ3v) is 7.95. The Morgan fingerprint density at radius 3 is 2.19 bits per heavy atom. The van der Waals surface area contributed by atoms with E-state index in [-0.39, 0.29) is 28.4 Å². The molecule has 218 valence electrons. The number of carbonyl (C=O) groups excluding carboxylic acids is 4. The standard InChI is InChI=1S/C30H26BrNO10/c1-37-17-11-8-15(9-12-17)26(33)42-25-18(6-5-7-21(25)38-2)24-22-23(30(32-24,28(35)39-3)29(36)40-4)19-14-16(31)10-13-20(19)41-27(22)34/h5-14,22-24,32H,1-4H3/t22-,23+,24+/m1/s1. The SMILES string of the molecule is COC(=O)C1(C(=O)OC)N[C@@H](c2cccc(OC)c2OC(=O)c2ccc(OC)cc2)[C@@H]2C(=O)Oc3ccc(Br)cc3[C@@H]21. The highest BCUT2D eigenvalue weighted by Crippen LogP contribution is 2.56. The highest BCUT2D eigenvalue weighted by Gasteiger charge is 2.69. The quantitative estimate of drug-likeness (QED) is 0.230. The number of halogens is 1. The molecule has 3 aromatic rings. The van der Waals surface area contributed by atoms with E-state index in [9.17, 15) is 19.2 Å². The van der Waals surface area contributed by atoms with Crippen molar-refractivity contribution in [1.82, 2.24) is 5.32 Å². The number of rotatable bonds is 7. The largest absolute Gasteiger partial charge is 0.497 e. The van der Waals surface area contributed by atoms with Crippen molar-refractivity contribution < 1.29 is 47.6 Å². The maximum Gasteiger partial charge on any atom is 0.343 e. The third kappa shape index (κ3) is 4.66. The van der Waals surface area contributed by atoms with Crippen LogP contribution in [0, 0.1) is 5.92 Å². The highest BCUT2D eigenvalue weighted by molar-refractivity contribution is 9.10. The summed E-state index contributed by atoms with van der Waals surface area (Å²) in [6.07, 6.45) is 0. The van der Waals surface area contributed by atoms with Gasteiger partial charge in [0.1, 0.15) is 11.5 Å². The zero-order valence-corrected chi connectivity index (χ0v) is 24.6. The predicted molar refractivity (Wildman–Crippen MR) is 150 cm³/mol. The lowest BCUT2D eigenvalue weighted by molar-refractivity contribution is -0.164. The molecule has 0 unspecified atom stereocenters. The number of carbonyl (C=O) groups is 4. The van der Waals surface area contributed by atoms with Gasteiger partial charge in [-0.05, 0) is 48.5 Å². The van der Waals surface area contributed by atoms with Crippen molar-refractivity contribution in [3.05, 3.63) is 81.8 Å². The van der Waals surface area contributed by atoms with Crippen LogP contribution in [-0.4, -0.2) is 57.9 Å². The van der Waals surface area contributed by atoms with Crippen LogP contribution in [0.5, 0.6) is 23.0 Å². The zero-order valence-electron chi connectivity index (χ0n) is 23.0. The molecule has 0 bridgehead atoms. The van der Waals surface area contributed by atoms with Gasteiger partial charge in [-0.2, -0.15) is 0 Å². The van der Waals surface area contributed by atoms with E-state index in [1.807, 2.05) is 0 Å². The maximum absolute atomic E-state index is 13.7. The van der Waals surface area contributed by atoms with E-state index < -0.39 is 47.3 Å². The summed E-state index contributed by atoms with van der Waals surface area (Å²) in [5.74, 6) is -4.74. The van der Waals surface area contributed by atoms with Crippen LogP contribution >= 0.6 is 15.9 Å². The molecule has 3 aromatic carbocycles. The lowest BCUT2D eigenvalue weighted by Crippen LogP contribution is -2.59. The second kappa shape index (κ2) is 11.5. The summed E-state index contributed by atoms with van der Waals surface area (Å²) in [6.45, 7) is 0. The Morgan fingerprint density at radius 2 is 1.57 bits per heavy atom. The van der Waals surface area contributed by atoms with Gasteiger partial charge in [0.2, 0.25) is 5.54 Å². The molecule has 1 N–H and O–H groups in total. The molecule has 0 spiro atoms. The van der Waals surface area contributed by atoms with Gasteiger partial charge in [-0.15, -0.1) is 0 Å². The molecule has 2 heterocycles. The second-order valence-electron chi connectivity index (χ2n) is 9.52. The summed E-state index contributed by atoms with van der Waals surface area (Å²) in [6, 6.07) is 14.9. The summed E-state index contributed by atoms with van der Waals surface area (Å²) in [7, 11) is 5.16. The van der Waals surface area contributed by atoms with E-state index in [0.717, 1.165) is 14.2 Å². The Bertz CT molecular complexity index is 1550. The number of fused-ring (bicyclic) bond motifs is 3. The van der Waals surface area contributed by atoms with Crippen molar-refractivity contribution in [2.75, 3.05) is 28.4 Å². The van der Waals surface area contributed by atoms with Crippen molar-refractivity contribution in [2.45, 2.75) is 17.5 Å². The Kier molecular flexibility index (Phi) is 7.93. The third-order valence-electron chi connectivity index (χ3n) is 7.46. The van der Waals surface area contributed by atoms with Crippen LogP contribution in [0.15, 0.2) is 65.1 Å². The second-order valence-corrected chi connectivity index (χ2v) is 10.4. The van der Waals surface area contributed by atoms with Crippen LogP contribution in [-0.2, 0) is 23.9 Å². The normalized spacial score (nSPS) is 19.9. The van der Waals surface area contributed by atoms with Crippen LogP contribution in [0.3, 0.4) is 0 Å². The topological polar surface area (TPSA) is 136 Å². The lowest BCUT2D eigenvalue weighted by Gasteiger charge is -2.34. The molecule has 5 rings (SSSR count). The number of ether oxygens (including phenoxy) is 6. The molecule has 0 aliphatic carbocycles. The minimum atomic E-state index is -2.16. The molecule has 12 heteroatoms. The first-order chi connectivity index (χ1) is 20.2. The molecule has 0 radical (unpaired) electrons. The molecule has 0 amide bonds. The van der Waals surface area contributed by atoms with Crippen molar-refractivity contribution in [3.8, 4) is 23.0 Å². The van der Waals surface area contributed by atoms with Crippen LogP contribution in [0.2, 0.25) is 0 Å². The first kappa shape index (κ1) is 29.1. The zero-order chi connectivity index (χ0) is 30.2. The minimum Gasteiger partial charge on any atom is -0.497 e. The first-order valence-electron chi connectivity index (χ1n) is 12.7. The van der Waals surface area contributed by atoms with E-state index in [4.69, 9.17) is 28.4 Å². The molecule has 0 aromatic heterocycles. The molecule has 1 saturated heterocycles. The fourth-order valence-electron chi connectivity index (χ4n) is 5.59. The molecule has 2 aliphatic rings. The van der Waals surface area contributed by atoms with Crippen molar-refractivity contribution in [1.29, 1.82) is 0 Å². The number of hydrogen-bond acceptors (Lipinski definition) is 11. The van der Waals surface area contributed by atoms with Crippen molar-refractivity contribution in [2.24, 2.45) is 5.92 Å².